The molecule has 0 N–H and O–H groups in total. The van der Waals surface area contributed by atoms with Gasteiger partial charge in [-0.05, 0) is 37.7 Å². The Morgan fingerprint density at radius 3 is 2.65 bits per heavy atom. The quantitative estimate of drug-likeness (QED) is 0.774. The fraction of sp³-hybridized carbons (Fsp3) is 0.632. The summed E-state index contributed by atoms with van der Waals surface area (Å²) in [5, 5.41) is 0. The van der Waals surface area contributed by atoms with Crippen molar-refractivity contribution in [3.8, 4) is 0 Å². The number of ether oxygens (including phenoxy) is 2. The molecule has 1 unspecified atom stereocenters. The molecular weight excluding hydrogens is 290 g/mol. The van der Waals surface area contributed by atoms with E-state index in [1.54, 1.807) is 19.0 Å². The van der Waals surface area contributed by atoms with Crippen LogP contribution in [0.25, 0.3) is 0 Å². The zero-order chi connectivity index (χ0) is 16.7. The van der Waals surface area contributed by atoms with Crippen molar-refractivity contribution in [2.45, 2.75) is 51.4 Å². The number of carbonyl (C=O) groups is 1. The summed E-state index contributed by atoms with van der Waals surface area (Å²) >= 11 is 0. The van der Waals surface area contributed by atoms with Gasteiger partial charge in [0.25, 0.3) is 0 Å². The van der Waals surface area contributed by atoms with Crippen LogP contribution in [-0.4, -0.2) is 43.9 Å². The minimum absolute atomic E-state index is 0.110. The number of aryl methyl sites for hydroxylation is 1. The van der Waals surface area contributed by atoms with Gasteiger partial charge in [-0.3, -0.25) is 4.79 Å². The van der Waals surface area contributed by atoms with Crippen molar-refractivity contribution < 1.29 is 14.3 Å². The SMILES string of the molecule is C[C@H](C(=O)N(C)C)[C@@H](CCc1ccccc1)OC1CCCCO1. The first kappa shape index (κ1) is 18.0. The molecule has 128 valence electrons. The maximum absolute atomic E-state index is 12.3. The number of benzene rings is 1. The average molecular weight is 319 g/mol. The minimum atomic E-state index is -0.167. The molecule has 2 rings (SSSR count). The van der Waals surface area contributed by atoms with Gasteiger partial charge in [-0.25, -0.2) is 0 Å². The molecule has 0 spiro atoms. The molecule has 0 bridgehead atoms. The lowest BCUT2D eigenvalue weighted by atomic mass is 9.96. The number of hydrogen-bond donors (Lipinski definition) is 0. The lowest BCUT2D eigenvalue weighted by Gasteiger charge is -2.31. The predicted octanol–water partition coefficient (Wildman–Crippen LogP) is 3.26. The van der Waals surface area contributed by atoms with Crippen LogP contribution in [0.4, 0.5) is 0 Å². The molecule has 1 saturated heterocycles. The van der Waals surface area contributed by atoms with Gasteiger partial charge in [-0.1, -0.05) is 37.3 Å². The summed E-state index contributed by atoms with van der Waals surface area (Å²) in [6.07, 6.45) is 4.60. The molecule has 1 aromatic rings. The Morgan fingerprint density at radius 2 is 2.04 bits per heavy atom. The van der Waals surface area contributed by atoms with E-state index in [0.29, 0.717) is 0 Å². The second-order valence-electron chi connectivity index (χ2n) is 6.52. The van der Waals surface area contributed by atoms with Crippen LogP contribution in [0.2, 0.25) is 0 Å². The van der Waals surface area contributed by atoms with Gasteiger partial charge in [-0.2, -0.15) is 0 Å². The Morgan fingerprint density at radius 1 is 1.30 bits per heavy atom. The third-order valence-electron chi connectivity index (χ3n) is 4.41. The highest BCUT2D eigenvalue weighted by Crippen LogP contribution is 2.23. The maximum Gasteiger partial charge on any atom is 0.227 e. The smallest absolute Gasteiger partial charge is 0.227 e. The Balaban J connectivity index is 1.98. The van der Waals surface area contributed by atoms with Crippen LogP contribution in [0.15, 0.2) is 30.3 Å². The fourth-order valence-electron chi connectivity index (χ4n) is 2.97. The molecule has 1 aliphatic heterocycles. The van der Waals surface area contributed by atoms with Crippen molar-refractivity contribution in [3.63, 3.8) is 0 Å². The molecule has 0 aliphatic carbocycles. The molecule has 4 heteroatoms. The minimum Gasteiger partial charge on any atom is -0.353 e. The largest absolute Gasteiger partial charge is 0.353 e. The van der Waals surface area contributed by atoms with Gasteiger partial charge in [-0.15, -0.1) is 0 Å². The summed E-state index contributed by atoms with van der Waals surface area (Å²) in [5.74, 6) is -0.0573. The molecule has 1 fully saturated rings. The van der Waals surface area contributed by atoms with E-state index in [1.165, 1.54) is 5.56 Å². The molecule has 0 radical (unpaired) electrons. The highest BCUT2D eigenvalue weighted by molar-refractivity contribution is 5.78. The average Bonchev–Trinajstić information content (AvgIpc) is 2.59. The number of amides is 1. The highest BCUT2D eigenvalue weighted by atomic mass is 16.7. The molecule has 0 saturated carbocycles. The van der Waals surface area contributed by atoms with Crippen molar-refractivity contribution >= 4 is 5.91 Å². The van der Waals surface area contributed by atoms with E-state index in [0.717, 1.165) is 38.7 Å². The second-order valence-corrected chi connectivity index (χ2v) is 6.52. The monoisotopic (exact) mass is 319 g/mol. The normalized spacial score (nSPS) is 20.7. The molecule has 4 nitrogen and oxygen atoms in total. The molecule has 3 atom stereocenters. The van der Waals surface area contributed by atoms with Gasteiger partial charge < -0.3 is 14.4 Å². The first-order valence-electron chi connectivity index (χ1n) is 8.60. The lowest BCUT2D eigenvalue weighted by Crippen LogP contribution is -2.39. The van der Waals surface area contributed by atoms with E-state index >= 15 is 0 Å². The first-order valence-corrected chi connectivity index (χ1v) is 8.60. The van der Waals surface area contributed by atoms with Crippen molar-refractivity contribution in [2.75, 3.05) is 20.7 Å². The Labute approximate surface area is 139 Å². The number of nitrogens with zero attached hydrogens (tertiary/aromatic N) is 1. The van der Waals surface area contributed by atoms with Gasteiger partial charge in [0.2, 0.25) is 5.91 Å². The summed E-state index contributed by atoms with van der Waals surface area (Å²) in [5.41, 5.74) is 1.27. The Hall–Kier alpha value is -1.39. The van der Waals surface area contributed by atoms with Crippen molar-refractivity contribution in [3.05, 3.63) is 35.9 Å². The third kappa shape index (κ3) is 5.63. The fourth-order valence-corrected chi connectivity index (χ4v) is 2.97. The van der Waals surface area contributed by atoms with E-state index in [1.807, 2.05) is 25.1 Å². The summed E-state index contributed by atoms with van der Waals surface area (Å²) in [6.45, 7) is 2.72. The first-order chi connectivity index (χ1) is 11.1. The maximum atomic E-state index is 12.3. The standard InChI is InChI=1S/C19H29NO3/c1-15(19(21)20(2)3)17(23-18-11-7-8-14-22-18)13-12-16-9-5-4-6-10-16/h4-6,9-10,15,17-18H,7-8,11-14H2,1-3H3/t15-,17+,18?/m0/s1. The van der Waals surface area contributed by atoms with Crippen LogP contribution in [0.3, 0.4) is 0 Å². The summed E-state index contributed by atoms with van der Waals surface area (Å²) in [4.78, 5) is 14.0. The van der Waals surface area contributed by atoms with Crippen LogP contribution >= 0.6 is 0 Å². The third-order valence-corrected chi connectivity index (χ3v) is 4.41. The van der Waals surface area contributed by atoms with E-state index in [-0.39, 0.29) is 24.2 Å². The van der Waals surface area contributed by atoms with Crippen molar-refractivity contribution in [2.24, 2.45) is 5.92 Å². The number of hydrogen-bond acceptors (Lipinski definition) is 3. The molecular formula is C19H29NO3. The predicted molar refractivity (Wildman–Crippen MR) is 91.1 cm³/mol. The van der Waals surface area contributed by atoms with E-state index in [2.05, 4.69) is 12.1 Å². The van der Waals surface area contributed by atoms with Crippen LogP contribution < -0.4 is 0 Å². The van der Waals surface area contributed by atoms with E-state index in [4.69, 9.17) is 9.47 Å². The zero-order valence-electron chi connectivity index (χ0n) is 14.5. The molecule has 1 amide bonds. The molecule has 23 heavy (non-hydrogen) atoms. The molecule has 1 heterocycles. The van der Waals surface area contributed by atoms with Crippen molar-refractivity contribution in [1.29, 1.82) is 0 Å². The summed E-state index contributed by atoms with van der Waals surface area (Å²) in [6, 6.07) is 10.3. The van der Waals surface area contributed by atoms with Gasteiger partial charge >= 0.3 is 0 Å². The second kappa shape index (κ2) is 9.04. The van der Waals surface area contributed by atoms with E-state index < -0.39 is 0 Å². The van der Waals surface area contributed by atoms with Gasteiger partial charge in [0.1, 0.15) is 0 Å². The van der Waals surface area contributed by atoms with E-state index in [9.17, 15) is 4.79 Å². The van der Waals surface area contributed by atoms with Crippen LogP contribution in [-0.2, 0) is 20.7 Å². The summed E-state index contributed by atoms with van der Waals surface area (Å²) < 4.78 is 11.9. The Bertz CT molecular complexity index is 469. The van der Waals surface area contributed by atoms with Crippen molar-refractivity contribution in [1.82, 2.24) is 4.90 Å². The number of carbonyl (C=O) groups excluding carboxylic acids is 1. The highest BCUT2D eigenvalue weighted by Gasteiger charge is 2.29. The van der Waals surface area contributed by atoms with Gasteiger partial charge in [0.15, 0.2) is 6.29 Å². The molecule has 0 aromatic heterocycles. The Kier molecular flexibility index (Phi) is 7.06. The number of rotatable bonds is 7. The summed E-state index contributed by atoms with van der Waals surface area (Å²) in [7, 11) is 3.59. The van der Waals surface area contributed by atoms with Crippen LogP contribution in [0, 0.1) is 5.92 Å². The molecule has 1 aromatic carbocycles. The topological polar surface area (TPSA) is 38.8 Å². The lowest BCUT2D eigenvalue weighted by molar-refractivity contribution is -0.200. The van der Waals surface area contributed by atoms with Crippen LogP contribution in [0.5, 0.6) is 0 Å². The van der Waals surface area contributed by atoms with Gasteiger partial charge in [0, 0.05) is 20.7 Å². The van der Waals surface area contributed by atoms with Gasteiger partial charge in [0.05, 0.1) is 12.0 Å². The molecule has 1 aliphatic rings. The zero-order valence-corrected chi connectivity index (χ0v) is 14.5. The van der Waals surface area contributed by atoms with Crippen LogP contribution in [0.1, 0.15) is 38.2 Å².